The minimum atomic E-state index is 0.396. The molecule has 1 heterocycles. The number of rotatable bonds is 2. The first-order valence-corrected chi connectivity index (χ1v) is 6.09. The zero-order valence-electron chi connectivity index (χ0n) is 9.08. The molecule has 0 aliphatic rings. The quantitative estimate of drug-likeness (QED) is 0.904. The fourth-order valence-electron chi connectivity index (χ4n) is 1.29. The molecule has 0 unspecified atom stereocenters. The van der Waals surface area contributed by atoms with E-state index in [9.17, 15) is 0 Å². The summed E-state index contributed by atoms with van der Waals surface area (Å²) in [5.74, 6) is 1.02. The number of benzene rings is 1. The van der Waals surface area contributed by atoms with Crippen LogP contribution in [0.2, 0.25) is 5.02 Å². The van der Waals surface area contributed by atoms with Crippen LogP contribution in [0.3, 0.4) is 0 Å². The Morgan fingerprint density at radius 3 is 2.76 bits per heavy atom. The molecule has 0 fully saturated rings. The fraction of sp³-hybridized carbons (Fsp3) is 0.0833. The van der Waals surface area contributed by atoms with Crippen LogP contribution < -0.4 is 10.5 Å². The summed E-state index contributed by atoms with van der Waals surface area (Å²) in [7, 11) is 0. The fourth-order valence-corrected chi connectivity index (χ4v) is 2.05. The summed E-state index contributed by atoms with van der Waals surface area (Å²) >= 11 is 9.22. The predicted octanol–water partition coefficient (Wildman–Crippen LogP) is 4.18. The van der Waals surface area contributed by atoms with Gasteiger partial charge in [0, 0.05) is 10.7 Å². The summed E-state index contributed by atoms with van der Waals surface area (Å²) < 4.78 is 6.39. The molecule has 2 aromatic rings. The Balaban J connectivity index is 2.34. The Hall–Kier alpha value is -1.26. The number of hydrogen-bond donors (Lipinski definition) is 1. The highest BCUT2D eigenvalue weighted by molar-refractivity contribution is 9.10. The molecule has 1 aromatic heterocycles. The Morgan fingerprint density at radius 2 is 2.06 bits per heavy atom. The van der Waals surface area contributed by atoms with Crippen molar-refractivity contribution in [3.63, 3.8) is 0 Å². The molecule has 2 rings (SSSR count). The number of hydrogen-bond acceptors (Lipinski definition) is 3. The number of nitrogens with zero attached hydrogens (tertiary/aromatic N) is 1. The van der Waals surface area contributed by atoms with E-state index in [1.165, 1.54) is 0 Å². The molecular formula is C12H10BrClN2O. The summed E-state index contributed by atoms with van der Waals surface area (Å²) in [6, 6.07) is 8.85. The maximum atomic E-state index is 5.85. The van der Waals surface area contributed by atoms with E-state index < -0.39 is 0 Å². The van der Waals surface area contributed by atoms with Crippen molar-refractivity contribution in [1.29, 1.82) is 0 Å². The average Bonchev–Trinajstić information content (AvgIpc) is 2.27. The third kappa shape index (κ3) is 2.90. The number of ether oxygens (including phenoxy) is 1. The minimum Gasteiger partial charge on any atom is -0.436 e. The van der Waals surface area contributed by atoms with Gasteiger partial charge >= 0.3 is 0 Å². The first kappa shape index (κ1) is 12.2. The van der Waals surface area contributed by atoms with Gasteiger partial charge in [-0.1, -0.05) is 11.6 Å². The summed E-state index contributed by atoms with van der Waals surface area (Å²) in [5, 5.41) is 0.634. The largest absolute Gasteiger partial charge is 0.436 e. The van der Waals surface area contributed by atoms with Crippen LogP contribution in [0.5, 0.6) is 11.6 Å². The Morgan fingerprint density at radius 1 is 1.29 bits per heavy atom. The van der Waals surface area contributed by atoms with Gasteiger partial charge in [0.05, 0.1) is 10.2 Å². The maximum Gasteiger partial charge on any atom is 0.242 e. The van der Waals surface area contributed by atoms with Gasteiger partial charge in [0.1, 0.15) is 5.75 Å². The average molecular weight is 314 g/mol. The molecule has 17 heavy (non-hydrogen) atoms. The Kier molecular flexibility index (Phi) is 3.54. The van der Waals surface area contributed by atoms with Crippen LogP contribution in [0.25, 0.3) is 0 Å². The van der Waals surface area contributed by atoms with Gasteiger partial charge in [0.2, 0.25) is 5.88 Å². The SMILES string of the molecule is Cc1ccc(N)c(Oc2ccc(Cl)cc2Br)n1. The van der Waals surface area contributed by atoms with Crippen molar-refractivity contribution < 1.29 is 4.74 Å². The van der Waals surface area contributed by atoms with E-state index in [-0.39, 0.29) is 0 Å². The second kappa shape index (κ2) is 4.94. The van der Waals surface area contributed by atoms with E-state index in [2.05, 4.69) is 20.9 Å². The number of anilines is 1. The van der Waals surface area contributed by atoms with Gasteiger partial charge in [-0.25, -0.2) is 4.98 Å². The van der Waals surface area contributed by atoms with Crippen molar-refractivity contribution in [2.45, 2.75) is 6.92 Å². The van der Waals surface area contributed by atoms with E-state index in [1.807, 2.05) is 13.0 Å². The number of pyridine rings is 1. The van der Waals surface area contributed by atoms with Crippen LogP contribution in [0.1, 0.15) is 5.69 Å². The molecule has 0 spiro atoms. The summed E-state index contributed by atoms with van der Waals surface area (Å²) in [6.07, 6.45) is 0. The van der Waals surface area contributed by atoms with E-state index in [4.69, 9.17) is 22.1 Å². The molecule has 0 saturated heterocycles. The first-order valence-electron chi connectivity index (χ1n) is 4.92. The molecule has 3 nitrogen and oxygen atoms in total. The lowest BCUT2D eigenvalue weighted by Gasteiger charge is -2.09. The highest BCUT2D eigenvalue weighted by Gasteiger charge is 2.07. The van der Waals surface area contributed by atoms with E-state index >= 15 is 0 Å². The lowest BCUT2D eigenvalue weighted by Crippen LogP contribution is -1.96. The second-order valence-corrected chi connectivity index (χ2v) is 4.81. The van der Waals surface area contributed by atoms with Gasteiger partial charge in [-0.3, -0.25) is 0 Å². The Labute approximate surface area is 113 Å². The van der Waals surface area contributed by atoms with Gasteiger partial charge in [0.25, 0.3) is 0 Å². The predicted molar refractivity (Wildman–Crippen MR) is 72.6 cm³/mol. The highest BCUT2D eigenvalue weighted by atomic mass is 79.9. The van der Waals surface area contributed by atoms with Crippen molar-refractivity contribution in [3.8, 4) is 11.6 Å². The van der Waals surface area contributed by atoms with Crippen LogP contribution in [0.15, 0.2) is 34.8 Å². The standard InChI is InChI=1S/C12H10BrClN2O/c1-7-2-4-10(15)12(16-7)17-11-5-3-8(14)6-9(11)13/h2-6H,15H2,1H3. The minimum absolute atomic E-state index is 0.396. The smallest absolute Gasteiger partial charge is 0.242 e. The molecule has 1 aromatic carbocycles. The molecule has 0 radical (unpaired) electrons. The molecular weight excluding hydrogens is 304 g/mol. The summed E-state index contributed by atoms with van der Waals surface area (Å²) in [6.45, 7) is 1.88. The van der Waals surface area contributed by atoms with Gasteiger partial charge in [0.15, 0.2) is 0 Å². The zero-order valence-corrected chi connectivity index (χ0v) is 11.4. The van der Waals surface area contributed by atoms with E-state index in [0.29, 0.717) is 22.3 Å². The maximum absolute atomic E-state index is 5.85. The van der Waals surface area contributed by atoms with Gasteiger partial charge in [-0.15, -0.1) is 0 Å². The van der Waals surface area contributed by atoms with Crippen LogP contribution in [-0.4, -0.2) is 4.98 Å². The van der Waals surface area contributed by atoms with E-state index in [0.717, 1.165) is 10.2 Å². The number of nitrogen functional groups attached to an aromatic ring is 1. The van der Waals surface area contributed by atoms with Gasteiger partial charge in [-0.05, 0) is 53.2 Å². The summed E-state index contributed by atoms with van der Waals surface area (Å²) in [5.41, 5.74) is 7.13. The third-order valence-electron chi connectivity index (χ3n) is 2.13. The van der Waals surface area contributed by atoms with Crippen LogP contribution in [0.4, 0.5) is 5.69 Å². The topological polar surface area (TPSA) is 48.1 Å². The summed E-state index contributed by atoms with van der Waals surface area (Å²) in [4.78, 5) is 4.23. The molecule has 0 atom stereocenters. The molecule has 88 valence electrons. The molecule has 0 bridgehead atoms. The van der Waals surface area contributed by atoms with Crippen molar-refractivity contribution in [3.05, 3.63) is 45.5 Å². The van der Waals surface area contributed by atoms with Crippen LogP contribution in [-0.2, 0) is 0 Å². The Bertz CT molecular complexity index is 560. The van der Waals surface area contributed by atoms with E-state index in [1.54, 1.807) is 24.3 Å². The molecule has 0 aliphatic carbocycles. The number of aryl methyl sites for hydroxylation is 1. The third-order valence-corrected chi connectivity index (χ3v) is 2.98. The van der Waals surface area contributed by atoms with Crippen molar-refractivity contribution in [1.82, 2.24) is 4.98 Å². The van der Waals surface area contributed by atoms with Crippen LogP contribution in [0, 0.1) is 6.92 Å². The molecule has 2 N–H and O–H groups in total. The molecule has 0 saturated carbocycles. The monoisotopic (exact) mass is 312 g/mol. The molecule has 5 heteroatoms. The lowest BCUT2D eigenvalue weighted by molar-refractivity contribution is 0.461. The highest BCUT2D eigenvalue weighted by Crippen LogP contribution is 2.33. The second-order valence-electron chi connectivity index (χ2n) is 3.52. The number of aromatic nitrogens is 1. The van der Waals surface area contributed by atoms with Crippen molar-refractivity contribution in [2.75, 3.05) is 5.73 Å². The number of halogens is 2. The number of nitrogens with two attached hydrogens (primary N) is 1. The molecule has 0 aliphatic heterocycles. The van der Waals surface area contributed by atoms with Gasteiger partial charge < -0.3 is 10.5 Å². The first-order chi connectivity index (χ1) is 8.06. The normalized spacial score (nSPS) is 10.3. The molecule has 0 amide bonds. The van der Waals surface area contributed by atoms with Gasteiger partial charge in [-0.2, -0.15) is 0 Å². The van der Waals surface area contributed by atoms with Crippen LogP contribution >= 0.6 is 27.5 Å². The lowest BCUT2D eigenvalue weighted by atomic mass is 10.3. The van der Waals surface area contributed by atoms with Crippen molar-refractivity contribution in [2.24, 2.45) is 0 Å². The van der Waals surface area contributed by atoms with Crippen molar-refractivity contribution >= 4 is 33.2 Å². The zero-order chi connectivity index (χ0) is 12.4.